The second-order valence-electron chi connectivity index (χ2n) is 3.28. The second kappa shape index (κ2) is 3.60. The fourth-order valence-electron chi connectivity index (χ4n) is 1.33. The molecule has 0 amide bonds. The predicted molar refractivity (Wildman–Crippen MR) is 57.8 cm³/mol. The van der Waals surface area contributed by atoms with Crippen LogP contribution in [0.5, 0.6) is 0 Å². The van der Waals surface area contributed by atoms with Gasteiger partial charge in [0.05, 0.1) is 5.71 Å². The molecule has 0 radical (unpaired) electrons. The van der Waals surface area contributed by atoms with Crippen molar-refractivity contribution in [3.05, 3.63) is 34.9 Å². The lowest BCUT2D eigenvalue weighted by Crippen LogP contribution is -2.11. The third-order valence-electron chi connectivity index (χ3n) is 2.50. The third-order valence-corrected chi connectivity index (χ3v) is 2.50. The second-order valence-corrected chi connectivity index (χ2v) is 3.28. The molecule has 0 atom stereocenters. The standard InChI is InChI=1S/C11H16N2/c1-7-6-11(13-12-5)10(4)9(3)8(7)2/h6,12H,4H2,1-3,5H3/b13-11-. The Morgan fingerprint density at radius 1 is 1.23 bits per heavy atom. The first-order chi connectivity index (χ1) is 6.07. The van der Waals surface area contributed by atoms with Gasteiger partial charge in [0.15, 0.2) is 0 Å². The van der Waals surface area contributed by atoms with Crippen molar-refractivity contribution in [3.8, 4) is 0 Å². The van der Waals surface area contributed by atoms with E-state index in [2.05, 4.69) is 44.0 Å². The van der Waals surface area contributed by atoms with Crippen LogP contribution in [0.1, 0.15) is 20.8 Å². The number of rotatable bonds is 1. The van der Waals surface area contributed by atoms with E-state index in [1.807, 2.05) is 0 Å². The average Bonchev–Trinajstić information content (AvgIpc) is 2.11. The van der Waals surface area contributed by atoms with Gasteiger partial charge >= 0.3 is 0 Å². The van der Waals surface area contributed by atoms with Crippen LogP contribution in [0.3, 0.4) is 0 Å². The summed E-state index contributed by atoms with van der Waals surface area (Å²) in [7, 11) is 1.80. The molecular weight excluding hydrogens is 160 g/mol. The van der Waals surface area contributed by atoms with Crippen LogP contribution in [-0.2, 0) is 0 Å². The molecule has 0 spiro atoms. The van der Waals surface area contributed by atoms with Crippen LogP contribution >= 0.6 is 0 Å². The van der Waals surface area contributed by atoms with Gasteiger partial charge in [-0.25, -0.2) is 0 Å². The third kappa shape index (κ3) is 1.72. The molecule has 2 nitrogen and oxygen atoms in total. The van der Waals surface area contributed by atoms with Gasteiger partial charge in [-0.1, -0.05) is 6.58 Å². The molecule has 0 unspecified atom stereocenters. The van der Waals surface area contributed by atoms with E-state index in [9.17, 15) is 0 Å². The summed E-state index contributed by atoms with van der Waals surface area (Å²) in [4.78, 5) is 0. The van der Waals surface area contributed by atoms with E-state index in [1.165, 1.54) is 16.7 Å². The summed E-state index contributed by atoms with van der Waals surface area (Å²) in [6.45, 7) is 10.3. The molecule has 1 aliphatic rings. The molecule has 13 heavy (non-hydrogen) atoms. The van der Waals surface area contributed by atoms with Crippen molar-refractivity contribution in [2.75, 3.05) is 7.05 Å². The highest BCUT2D eigenvalue weighted by atomic mass is 15.3. The maximum absolute atomic E-state index is 4.16. The van der Waals surface area contributed by atoms with Crippen LogP contribution in [0.15, 0.2) is 40.0 Å². The average molecular weight is 176 g/mol. The lowest BCUT2D eigenvalue weighted by Gasteiger charge is -2.17. The highest BCUT2D eigenvalue weighted by Crippen LogP contribution is 2.25. The van der Waals surface area contributed by atoms with Crippen LogP contribution < -0.4 is 5.43 Å². The zero-order valence-electron chi connectivity index (χ0n) is 8.73. The van der Waals surface area contributed by atoms with E-state index < -0.39 is 0 Å². The van der Waals surface area contributed by atoms with Gasteiger partial charge in [0.1, 0.15) is 0 Å². The normalized spacial score (nSPS) is 20.8. The predicted octanol–water partition coefficient (Wildman–Crippen LogP) is 2.41. The van der Waals surface area contributed by atoms with Crippen LogP contribution in [0.4, 0.5) is 0 Å². The smallest absolute Gasteiger partial charge is 0.0900 e. The molecule has 1 N–H and O–H groups in total. The monoisotopic (exact) mass is 176 g/mol. The van der Waals surface area contributed by atoms with Crippen molar-refractivity contribution in [2.45, 2.75) is 20.8 Å². The number of nitrogens with zero attached hydrogens (tertiary/aromatic N) is 1. The first-order valence-corrected chi connectivity index (χ1v) is 4.38. The van der Waals surface area contributed by atoms with Gasteiger partial charge in [0, 0.05) is 7.05 Å². The number of allylic oxidation sites excluding steroid dienone is 5. The lowest BCUT2D eigenvalue weighted by molar-refractivity contribution is 0.901. The molecule has 0 saturated heterocycles. The molecule has 1 rings (SSSR count). The maximum Gasteiger partial charge on any atom is 0.0900 e. The van der Waals surface area contributed by atoms with Gasteiger partial charge in [-0.3, -0.25) is 0 Å². The Balaban J connectivity index is 3.15. The Morgan fingerprint density at radius 3 is 2.38 bits per heavy atom. The van der Waals surface area contributed by atoms with Gasteiger partial charge in [0.2, 0.25) is 0 Å². The molecule has 0 aliphatic heterocycles. The van der Waals surface area contributed by atoms with Crippen LogP contribution in [0.25, 0.3) is 0 Å². The lowest BCUT2D eigenvalue weighted by atomic mass is 9.89. The molecule has 0 saturated carbocycles. The van der Waals surface area contributed by atoms with Gasteiger partial charge < -0.3 is 5.43 Å². The summed E-state index contributed by atoms with van der Waals surface area (Å²) in [5, 5.41) is 4.16. The van der Waals surface area contributed by atoms with Crippen LogP contribution in [0, 0.1) is 0 Å². The van der Waals surface area contributed by atoms with Crippen LogP contribution in [-0.4, -0.2) is 12.8 Å². The Labute approximate surface area is 79.7 Å². The van der Waals surface area contributed by atoms with Crippen molar-refractivity contribution in [1.29, 1.82) is 0 Å². The number of hydrogen-bond donors (Lipinski definition) is 1. The Kier molecular flexibility index (Phi) is 2.71. The molecule has 0 bridgehead atoms. The van der Waals surface area contributed by atoms with E-state index in [1.54, 1.807) is 7.05 Å². The van der Waals surface area contributed by atoms with Gasteiger partial charge in [-0.15, -0.1) is 0 Å². The van der Waals surface area contributed by atoms with Crippen LogP contribution in [0.2, 0.25) is 0 Å². The van der Waals surface area contributed by atoms with E-state index in [0.29, 0.717) is 0 Å². The summed E-state index contributed by atoms with van der Waals surface area (Å²) in [6.07, 6.45) is 2.06. The van der Waals surface area contributed by atoms with E-state index >= 15 is 0 Å². The molecule has 1 aliphatic carbocycles. The fraction of sp³-hybridized carbons (Fsp3) is 0.364. The molecule has 0 aromatic rings. The van der Waals surface area contributed by atoms with Gasteiger partial charge in [-0.05, 0) is 49.1 Å². The number of hydrazone groups is 1. The minimum atomic E-state index is 0.933. The topological polar surface area (TPSA) is 24.4 Å². The Bertz CT molecular complexity index is 330. The quantitative estimate of drug-likeness (QED) is 0.610. The van der Waals surface area contributed by atoms with E-state index in [4.69, 9.17) is 0 Å². The molecule has 0 heterocycles. The van der Waals surface area contributed by atoms with Gasteiger partial charge in [0.25, 0.3) is 0 Å². The highest BCUT2D eigenvalue weighted by Gasteiger charge is 2.14. The molecular formula is C11H16N2. The van der Waals surface area contributed by atoms with Crippen molar-refractivity contribution in [2.24, 2.45) is 5.10 Å². The fourth-order valence-corrected chi connectivity index (χ4v) is 1.33. The Morgan fingerprint density at radius 2 is 1.85 bits per heavy atom. The Hall–Kier alpha value is -1.31. The molecule has 2 heteroatoms. The maximum atomic E-state index is 4.16. The van der Waals surface area contributed by atoms with Crippen molar-refractivity contribution in [3.63, 3.8) is 0 Å². The summed E-state index contributed by atoms with van der Waals surface area (Å²) < 4.78 is 0. The summed E-state index contributed by atoms with van der Waals surface area (Å²) >= 11 is 0. The minimum Gasteiger partial charge on any atom is -0.313 e. The first-order valence-electron chi connectivity index (χ1n) is 4.38. The summed E-state index contributed by atoms with van der Waals surface area (Å²) in [5.41, 5.74) is 8.53. The SMILES string of the molecule is C=C1C(C)=C(C)C(C)=C/C1=N/NC. The molecule has 0 aromatic heterocycles. The number of nitrogens with one attached hydrogen (secondary N) is 1. The van der Waals surface area contributed by atoms with E-state index in [-0.39, 0.29) is 0 Å². The molecule has 0 aromatic carbocycles. The van der Waals surface area contributed by atoms with Gasteiger partial charge in [-0.2, -0.15) is 5.10 Å². The zero-order chi connectivity index (χ0) is 10.0. The first kappa shape index (κ1) is 9.78. The minimum absolute atomic E-state index is 0.933. The van der Waals surface area contributed by atoms with E-state index in [0.717, 1.165) is 11.3 Å². The van der Waals surface area contributed by atoms with Crippen molar-refractivity contribution in [1.82, 2.24) is 5.43 Å². The molecule has 0 fully saturated rings. The largest absolute Gasteiger partial charge is 0.313 e. The highest BCUT2D eigenvalue weighted by molar-refractivity contribution is 6.13. The molecule has 70 valence electrons. The summed E-state index contributed by atoms with van der Waals surface area (Å²) in [6, 6.07) is 0. The van der Waals surface area contributed by atoms with Crippen molar-refractivity contribution < 1.29 is 0 Å². The zero-order valence-corrected chi connectivity index (χ0v) is 8.73. The van der Waals surface area contributed by atoms with Crippen molar-refractivity contribution >= 4 is 5.71 Å². The number of hydrogen-bond acceptors (Lipinski definition) is 2. The summed E-state index contributed by atoms with van der Waals surface area (Å²) in [5.74, 6) is 0.